The molecule has 0 fully saturated rings. The van der Waals surface area contributed by atoms with Gasteiger partial charge in [0.15, 0.2) is 0 Å². The van der Waals surface area contributed by atoms with E-state index in [1.54, 1.807) is 13.2 Å². The minimum Gasteiger partial charge on any atom is -0.381 e. The lowest BCUT2D eigenvalue weighted by molar-refractivity contribution is 0.117. The van der Waals surface area contributed by atoms with Gasteiger partial charge in [-0.05, 0) is 6.92 Å². The zero-order valence-corrected chi connectivity index (χ0v) is 10.6. The predicted octanol–water partition coefficient (Wildman–Crippen LogP) is 1.64. The molecule has 1 heterocycles. The zero-order valence-electron chi connectivity index (χ0n) is 10.6. The van der Waals surface area contributed by atoms with Gasteiger partial charge in [0.25, 0.3) is 5.56 Å². The number of methoxy groups -OCH3 is 1. The lowest BCUT2D eigenvalue weighted by Crippen LogP contribution is -2.23. The van der Waals surface area contributed by atoms with Crippen LogP contribution in [0.25, 0.3) is 0 Å². The van der Waals surface area contributed by atoms with Gasteiger partial charge in [0.1, 0.15) is 5.82 Å². The van der Waals surface area contributed by atoms with Gasteiger partial charge in [-0.15, -0.1) is 0 Å². The Labute approximate surface area is 96.1 Å². The summed E-state index contributed by atoms with van der Waals surface area (Å²) in [6, 6.07) is 1.56. The quantitative estimate of drug-likeness (QED) is 0.849. The summed E-state index contributed by atoms with van der Waals surface area (Å²) in [5.41, 5.74) is 0.604. The number of nitrogens with zero attached hydrogens (tertiary/aromatic N) is 1. The van der Waals surface area contributed by atoms with Crippen molar-refractivity contribution >= 4 is 0 Å². The average molecular weight is 224 g/mol. The highest BCUT2D eigenvalue weighted by Crippen LogP contribution is 2.18. The molecule has 4 heteroatoms. The van der Waals surface area contributed by atoms with Crippen LogP contribution in [0.3, 0.4) is 0 Å². The van der Waals surface area contributed by atoms with Crippen molar-refractivity contribution < 1.29 is 4.74 Å². The van der Waals surface area contributed by atoms with E-state index in [1.807, 2.05) is 27.7 Å². The molecule has 1 atom stereocenters. The van der Waals surface area contributed by atoms with Crippen molar-refractivity contribution in [2.75, 3.05) is 7.11 Å². The number of rotatable bonds is 3. The third kappa shape index (κ3) is 3.45. The van der Waals surface area contributed by atoms with E-state index >= 15 is 0 Å². The number of aromatic amines is 1. The van der Waals surface area contributed by atoms with Gasteiger partial charge in [-0.3, -0.25) is 4.79 Å². The Bertz CT molecular complexity index is 404. The number of H-pyrrole nitrogens is 1. The van der Waals surface area contributed by atoms with Gasteiger partial charge in [0, 0.05) is 25.0 Å². The maximum absolute atomic E-state index is 11.5. The Morgan fingerprint density at radius 2 is 2.12 bits per heavy atom. The maximum atomic E-state index is 11.5. The van der Waals surface area contributed by atoms with E-state index in [0.717, 1.165) is 5.69 Å². The van der Waals surface area contributed by atoms with Gasteiger partial charge in [0.2, 0.25) is 0 Å². The Kier molecular flexibility index (Phi) is 3.86. The number of nitrogens with one attached hydrogen (secondary N) is 1. The van der Waals surface area contributed by atoms with Gasteiger partial charge in [0.05, 0.1) is 11.8 Å². The molecule has 90 valence electrons. The van der Waals surface area contributed by atoms with Crippen molar-refractivity contribution in [3.05, 3.63) is 27.9 Å². The van der Waals surface area contributed by atoms with E-state index in [9.17, 15) is 4.79 Å². The van der Waals surface area contributed by atoms with Crippen LogP contribution in [-0.4, -0.2) is 23.2 Å². The van der Waals surface area contributed by atoms with Crippen LogP contribution in [0.5, 0.6) is 0 Å². The van der Waals surface area contributed by atoms with Gasteiger partial charge >= 0.3 is 0 Å². The number of ether oxygens (including phenoxy) is 1. The average Bonchev–Trinajstić information content (AvgIpc) is 2.15. The second-order valence-electron chi connectivity index (χ2n) is 5.08. The van der Waals surface area contributed by atoms with Crippen LogP contribution in [0.4, 0.5) is 0 Å². The van der Waals surface area contributed by atoms with Crippen LogP contribution in [0.15, 0.2) is 10.9 Å². The summed E-state index contributed by atoms with van der Waals surface area (Å²) in [5.74, 6) is 0.687. The molecule has 0 saturated heterocycles. The minimum absolute atomic E-state index is 0.0540. The van der Waals surface area contributed by atoms with Crippen molar-refractivity contribution in [3.8, 4) is 0 Å². The Morgan fingerprint density at radius 3 is 2.62 bits per heavy atom. The first-order valence-electron chi connectivity index (χ1n) is 5.46. The highest BCUT2D eigenvalue weighted by molar-refractivity contribution is 5.12. The molecule has 0 radical (unpaired) electrons. The smallest absolute Gasteiger partial charge is 0.251 e. The van der Waals surface area contributed by atoms with Crippen molar-refractivity contribution in [3.63, 3.8) is 0 Å². The van der Waals surface area contributed by atoms with Crippen LogP contribution in [-0.2, 0) is 16.6 Å². The predicted molar refractivity (Wildman–Crippen MR) is 63.7 cm³/mol. The summed E-state index contributed by atoms with van der Waals surface area (Å²) in [6.45, 7) is 8.07. The van der Waals surface area contributed by atoms with Crippen molar-refractivity contribution in [1.29, 1.82) is 0 Å². The zero-order chi connectivity index (χ0) is 12.3. The molecule has 0 spiro atoms. The Balaban J connectivity index is 3.04. The van der Waals surface area contributed by atoms with Gasteiger partial charge in [-0.25, -0.2) is 4.98 Å². The maximum Gasteiger partial charge on any atom is 0.251 e. The SMILES string of the molecule is COC(C)Cc1nc(C(C)(C)C)cc(=O)[nH]1. The standard InChI is InChI=1S/C12H20N2O2/c1-8(16-5)6-10-13-9(12(2,3)4)7-11(15)14-10/h7-8H,6H2,1-5H3,(H,13,14,15). The van der Waals surface area contributed by atoms with E-state index in [4.69, 9.17) is 4.74 Å². The molecule has 1 aromatic heterocycles. The van der Waals surface area contributed by atoms with Crippen LogP contribution >= 0.6 is 0 Å². The molecule has 1 unspecified atom stereocenters. The monoisotopic (exact) mass is 224 g/mol. The summed E-state index contributed by atoms with van der Waals surface area (Å²) in [6.07, 6.45) is 0.675. The second-order valence-corrected chi connectivity index (χ2v) is 5.08. The van der Waals surface area contributed by atoms with E-state index in [1.165, 1.54) is 0 Å². The third-order valence-electron chi connectivity index (χ3n) is 2.44. The lowest BCUT2D eigenvalue weighted by atomic mass is 9.92. The van der Waals surface area contributed by atoms with Gasteiger partial charge < -0.3 is 9.72 Å². The highest BCUT2D eigenvalue weighted by atomic mass is 16.5. The highest BCUT2D eigenvalue weighted by Gasteiger charge is 2.17. The molecule has 0 aliphatic heterocycles. The van der Waals surface area contributed by atoms with E-state index in [-0.39, 0.29) is 17.1 Å². The largest absolute Gasteiger partial charge is 0.381 e. The molecule has 1 rings (SSSR count). The third-order valence-corrected chi connectivity index (χ3v) is 2.44. The normalized spacial score (nSPS) is 13.8. The first-order chi connectivity index (χ1) is 7.32. The summed E-state index contributed by atoms with van der Waals surface area (Å²) < 4.78 is 5.16. The molecule has 16 heavy (non-hydrogen) atoms. The van der Waals surface area contributed by atoms with Crippen LogP contribution in [0.2, 0.25) is 0 Å². The fourth-order valence-electron chi connectivity index (χ4n) is 1.34. The molecule has 4 nitrogen and oxygen atoms in total. The number of hydrogen-bond donors (Lipinski definition) is 1. The second kappa shape index (κ2) is 4.78. The minimum atomic E-state index is -0.112. The van der Waals surface area contributed by atoms with E-state index < -0.39 is 0 Å². The molecule has 0 bridgehead atoms. The topological polar surface area (TPSA) is 55.0 Å². The molecular weight excluding hydrogens is 204 g/mol. The van der Waals surface area contributed by atoms with Gasteiger partial charge in [-0.2, -0.15) is 0 Å². The summed E-state index contributed by atoms with van der Waals surface area (Å²) in [7, 11) is 1.65. The van der Waals surface area contributed by atoms with Gasteiger partial charge in [-0.1, -0.05) is 20.8 Å². The molecule has 0 aliphatic rings. The first-order valence-corrected chi connectivity index (χ1v) is 5.46. The molecule has 1 aromatic rings. The van der Waals surface area contributed by atoms with Crippen molar-refractivity contribution in [2.45, 2.75) is 45.6 Å². The lowest BCUT2D eigenvalue weighted by Gasteiger charge is -2.18. The van der Waals surface area contributed by atoms with Crippen molar-refractivity contribution in [1.82, 2.24) is 9.97 Å². The number of aromatic nitrogens is 2. The first kappa shape index (κ1) is 12.9. The van der Waals surface area contributed by atoms with Crippen LogP contribution in [0.1, 0.15) is 39.2 Å². The van der Waals surface area contributed by atoms with Crippen molar-refractivity contribution in [2.24, 2.45) is 0 Å². The summed E-state index contributed by atoms with van der Waals surface area (Å²) >= 11 is 0. The van der Waals surface area contributed by atoms with Crippen LogP contribution in [0, 0.1) is 0 Å². The molecule has 0 saturated carbocycles. The fraction of sp³-hybridized carbons (Fsp3) is 0.667. The molecule has 0 amide bonds. The molecule has 0 aromatic carbocycles. The molecule has 0 aliphatic carbocycles. The molecule has 1 N–H and O–H groups in total. The van der Waals surface area contributed by atoms with E-state index in [0.29, 0.717) is 12.2 Å². The summed E-state index contributed by atoms with van der Waals surface area (Å²) in [4.78, 5) is 18.7. The fourth-order valence-corrected chi connectivity index (χ4v) is 1.34. The van der Waals surface area contributed by atoms with E-state index in [2.05, 4.69) is 9.97 Å². The Morgan fingerprint density at radius 1 is 1.50 bits per heavy atom. The Hall–Kier alpha value is -1.16. The van der Waals surface area contributed by atoms with Crippen LogP contribution < -0.4 is 5.56 Å². The summed E-state index contributed by atoms with van der Waals surface area (Å²) in [5, 5.41) is 0. The number of hydrogen-bond acceptors (Lipinski definition) is 3. The molecular formula is C12H20N2O2.